The van der Waals surface area contributed by atoms with Gasteiger partial charge in [-0.1, -0.05) is 43.7 Å². The molecule has 3 nitrogen and oxygen atoms in total. The highest BCUT2D eigenvalue weighted by atomic mass is 16.4. The summed E-state index contributed by atoms with van der Waals surface area (Å²) in [6.07, 6.45) is 1.48. The fraction of sp³-hybridized carbons (Fsp3) is 0.500. The van der Waals surface area contributed by atoms with Crippen LogP contribution in [0.3, 0.4) is 0 Å². The average Bonchev–Trinajstić information content (AvgIpc) is 2.32. The third-order valence-corrected chi connectivity index (χ3v) is 3.00. The van der Waals surface area contributed by atoms with Crippen LogP contribution < -0.4 is 5.32 Å². The van der Waals surface area contributed by atoms with Gasteiger partial charge in [0.25, 0.3) is 0 Å². The average molecular weight is 235 g/mol. The molecule has 3 heteroatoms. The van der Waals surface area contributed by atoms with E-state index >= 15 is 0 Å². The summed E-state index contributed by atoms with van der Waals surface area (Å²) < 4.78 is 0. The topological polar surface area (TPSA) is 49.3 Å². The molecule has 1 aromatic rings. The Balaban J connectivity index is 2.77. The quantitative estimate of drug-likeness (QED) is 0.797. The maximum absolute atomic E-state index is 11.0. The largest absolute Gasteiger partial charge is 0.480 e. The predicted molar refractivity (Wildman–Crippen MR) is 69.1 cm³/mol. The number of hydrogen-bond donors (Lipinski definition) is 2. The fourth-order valence-electron chi connectivity index (χ4n) is 1.86. The van der Waals surface area contributed by atoms with Crippen LogP contribution >= 0.6 is 0 Å². The lowest BCUT2D eigenvalue weighted by molar-refractivity contribution is -0.139. The van der Waals surface area contributed by atoms with Crippen molar-refractivity contribution in [2.45, 2.75) is 45.7 Å². The normalized spacial score (nSPS) is 14.3. The molecule has 2 N–H and O–H groups in total. The van der Waals surface area contributed by atoms with E-state index in [1.54, 1.807) is 0 Å². The van der Waals surface area contributed by atoms with Gasteiger partial charge in [-0.3, -0.25) is 10.1 Å². The molecule has 0 saturated carbocycles. The molecule has 0 aromatic heterocycles. The van der Waals surface area contributed by atoms with Crippen LogP contribution in [-0.2, 0) is 4.79 Å². The van der Waals surface area contributed by atoms with Crippen LogP contribution in [0.15, 0.2) is 24.3 Å². The molecular weight excluding hydrogens is 214 g/mol. The molecule has 0 aliphatic rings. The third-order valence-electron chi connectivity index (χ3n) is 3.00. The standard InChI is InChI=1S/C14H21NO2/c1-4-12(15-13(5-2)14(16)17)11-8-6-10(3)7-9-11/h6-9,12-13,15H,4-5H2,1-3H3,(H,16,17). The molecule has 2 unspecified atom stereocenters. The third kappa shape index (κ3) is 3.86. The van der Waals surface area contributed by atoms with Gasteiger partial charge in [0.15, 0.2) is 0 Å². The summed E-state index contributed by atoms with van der Waals surface area (Å²) in [6, 6.07) is 7.87. The molecule has 2 atom stereocenters. The zero-order chi connectivity index (χ0) is 12.8. The molecule has 1 aromatic carbocycles. The van der Waals surface area contributed by atoms with Crippen LogP contribution in [0.5, 0.6) is 0 Å². The van der Waals surface area contributed by atoms with Crippen LogP contribution in [0.25, 0.3) is 0 Å². The molecule has 0 spiro atoms. The summed E-state index contributed by atoms with van der Waals surface area (Å²) in [6.45, 7) is 5.99. The number of carboxylic acids is 1. The summed E-state index contributed by atoms with van der Waals surface area (Å²) in [5.41, 5.74) is 2.37. The molecule has 1 rings (SSSR count). The Kier molecular flexibility index (Phi) is 5.16. The second-order valence-corrected chi connectivity index (χ2v) is 4.34. The first-order valence-corrected chi connectivity index (χ1v) is 6.13. The number of nitrogens with one attached hydrogen (secondary N) is 1. The molecule has 0 bridgehead atoms. The summed E-state index contributed by atoms with van der Waals surface area (Å²) in [5, 5.41) is 12.2. The van der Waals surface area contributed by atoms with E-state index in [1.165, 1.54) is 5.56 Å². The highest BCUT2D eigenvalue weighted by molar-refractivity contribution is 5.73. The van der Waals surface area contributed by atoms with E-state index in [2.05, 4.69) is 36.5 Å². The van der Waals surface area contributed by atoms with E-state index < -0.39 is 12.0 Å². The van der Waals surface area contributed by atoms with E-state index in [1.807, 2.05) is 13.8 Å². The number of carbonyl (C=O) groups is 1. The van der Waals surface area contributed by atoms with Gasteiger partial charge in [0.2, 0.25) is 0 Å². The lowest BCUT2D eigenvalue weighted by atomic mass is 10.0. The monoisotopic (exact) mass is 235 g/mol. The minimum atomic E-state index is -0.780. The molecule has 0 heterocycles. The number of hydrogen-bond acceptors (Lipinski definition) is 2. The van der Waals surface area contributed by atoms with Crippen LogP contribution in [0.2, 0.25) is 0 Å². The first kappa shape index (κ1) is 13.7. The molecule has 17 heavy (non-hydrogen) atoms. The Morgan fingerprint density at radius 1 is 1.24 bits per heavy atom. The van der Waals surface area contributed by atoms with E-state index in [9.17, 15) is 4.79 Å². The van der Waals surface area contributed by atoms with Crippen molar-refractivity contribution in [2.75, 3.05) is 0 Å². The van der Waals surface area contributed by atoms with Crippen molar-refractivity contribution in [3.63, 3.8) is 0 Å². The Morgan fingerprint density at radius 2 is 1.82 bits per heavy atom. The molecular formula is C14H21NO2. The lowest BCUT2D eigenvalue weighted by Crippen LogP contribution is -2.38. The van der Waals surface area contributed by atoms with Gasteiger partial charge in [0.1, 0.15) is 6.04 Å². The second-order valence-electron chi connectivity index (χ2n) is 4.34. The number of carboxylic acid groups (broad SMARTS) is 1. The SMILES string of the molecule is CCC(NC(CC)c1ccc(C)cc1)C(=O)O. The molecule has 94 valence electrons. The first-order valence-electron chi connectivity index (χ1n) is 6.13. The van der Waals surface area contributed by atoms with Crippen molar-refractivity contribution >= 4 is 5.97 Å². The van der Waals surface area contributed by atoms with Gasteiger partial charge in [-0.2, -0.15) is 0 Å². The number of aryl methyl sites for hydroxylation is 1. The van der Waals surface area contributed by atoms with Gasteiger partial charge < -0.3 is 5.11 Å². The molecule has 0 radical (unpaired) electrons. The van der Waals surface area contributed by atoms with Gasteiger partial charge in [0, 0.05) is 6.04 Å². The second kappa shape index (κ2) is 6.40. The summed E-state index contributed by atoms with van der Waals surface area (Å²) in [4.78, 5) is 11.0. The number of aliphatic carboxylic acids is 1. The minimum absolute atomic E-state index is 0.108. The smallest absolute Gasteiger partial charge is 0.320 e. The van der Waals surface area contributed by atoms with Gasteiger partial charge in [-0.15, -0.1) is 0 Å². The van der Waals surface area contributed by atoms with Gasteiger partial charge in [-0.05, 0) is 25.3 Å². The van der Waals surface area contributed by atoms with Crippen molar-refractivity contribution in [1.29, 1.82) is 0 Å². The zero-order valence-electron chi connectivity index (χ0n) is 10.7. The van der Waals surface area contributed by atoms with Crippen LogP contribution in [0.4, 0.5) is 0 Å². The minimum Gasteiger partial charge on any atom is -0.480 e. The number of rotatable bonds is 6. The lowest BCUT2D eigenvalue weighted by Gasteiger charge is -2.22. The summed E-state index contributed by atoms with van der Waals surface area (Å²) in [5.74, 6) is -0.780. The van der Waals surface area contributed by atoms with Crippen LogP contribution in [-0.4, -0.2) is 17.1 Å². The van der Waals surface area contributed by atoms with Crippen molar-refractivity contribution < 1.29 is 9.90 Å². The van der Waals surface area contributed by atoms with Gasteiger partial charge >= 0.3 is 5.97 Å². The molecule has 0 saturated heterocycles. The Bertz CT molecular complexity index is 359. The van der Waals surface area contributed by atoms with E-state index in [4.69, 9.17) is 5.11 Å². The Morgan fingerprint density at radius 3 is 2.24 bits per heavy atom. The molecule has 0 aliphatic heterocycles. The van der Waals surface area contributed by atoms with Crippen molar-refractivity contribution in [2.24, 2.45) is 0 Å². The zero-order valence-corrected chi connectivity index (χ0v) is 10.7. The Labute approximate surface area is 103 Å². The fourth-order valence-corrected chi connectivity index (χ4v) is 1.86. The van der Waals surface area contributed by atoms with Crippen molar-refractivity contribution in [3.8, 4) is 0 Å². The van der Waals surface area contributed by atoms with E-state index in [0.29, 0.717) is 6.42 Å². The summed E-state index contributed by atoms with van der Waals surface area (Å²) in [7, 11) is 0. The van der Waals surface area contributed by atoms with E-state index in [-0.39, 0.29) is 6.04 Å². The predicted octanol–water partition coefficient (Wildman–Crippen LogP) is 2.90. The highest BCUT2D eigenvalue weighted by Crippen LogP contribution is 2.18. The van der Waals surface area contributed by atoms with Crippen LogP contribution in [0.1, 0.15) is 43.9 Å². The highest BCUT2D eigenvalue weighted by Gasteiger charge is 2.19. The van der Waals surface area contributed by atoms with E-state index in [0.717, 1.165) is 12.0 Å². The maximum atomic E-state index is 11.0. The first-order chi connectivity index (χ1) is 8.08. The molecule has 0 fully saturated rings. The van der Waals surface area contributed by atoms with Crippen molar-refractivity contribution in [1.82, 2.24) is 5.32 Å². The van der Waals surface area contributed by atoms with Crippen molar-refractivity contribution in [3.05, 3.63) is 35.4 Å². The van der Waals surface area contributed by atoms with Crippen LogP contribution in [0, 0.1) is 6.92 Å². The van der Waals surface area contributed by atoms with Gasteiger partial charge in [0.05, 0.1) is 0 Å². The maximum Gasteiger partial charge on any atom is 0.320 e. The Hall–Kier alpha value is -1.35. The van der Waals surface area contributed by atoms with Gasteiger partial charge in [-0.25, -0.2) is 0 Å². The molecule has 0 amide bonds. The molecule has 0 aliphatic carbocycles. The number of benzene rings is 1. The summed E-state index contributed by atoms with van der Waals surface area (Å²) >= 11 is 0.